The summed E-state index contributed by atoms with van der Waals surface area (Å²) in [6, 6.07) is 0. The predicted octanol–water partition coefficient (Wildman–Crippen LogP) is 1.21. The van der Waals surface area contributed by atoms with Crippen molar-refractivity contribution in [3.05, 3.63) is 5.21 Å². The maximum atomic E-state index is 11.0. The fourth-order valence-electron chi connectivity index (χ4n) is 2.03. The summed E-state index contributed by atoms with van der Waals surface area (Å²) in [7, 11) is 0. The molecule has 2 fully saturated rings. The SMILES string of the molecule is CC1COC(C2CCN([O-])CC2)OC1. The molecule has 0 atom stereocenters. The molecule has 0 unspecified atom stereocenters. The third-order valence-corrected chi connectivity index (χ3v) is 2.97. The second kappa shape index (κ2) is 4.57. The first-order chi connectivity index (χ1) is 6.75. The van der Waals surface area contributed by atoms with E-state index in [0.29, 0.717) is 24.9 Å². The highest BCUT2D eigenvalue weighted by Gasteiger charge is 2.29. The molecule has 4 heteroatoms. The summed E-state index contributed by atoms with van der Waals surface area (Å²) in [5.74, 6) is 0.929. The Labute approximate surface area is 84.7 Å². The van der Waals surface area contributed by atoms with Gasteiger partial charge in [-0.05, 0) is 25.9 Å². The van der Waals surface area contributed by atoms with Gasteiger partial charge in [-0.15, -0.1) is 0 Å². The molecule has 2 heterocycles. The van der Waals surface area contributed by atoms with Crippen molar-refractivity contribution in [1.29, 1.82) is 0 Å². The first-order valence-corrected chi connectivity index (χ1v) is 5.41. The van der Waals surface area contributed by atoms with Crippen LogP contribution in [-0.2, 0) is 9.47 Å². The Morgan fingerprint density at radius 1 is 1.14 bits per heavy atom. The highest BCUT2D eigenvalue weighted by Crippen LogP contribution is 2.26. The second-order valence-electron chi connectivity index (χ2n) is 4.41. The largest absolute Gasteiger partial charge is 0.785 e. The number of rotatable bonds is 1. The summed E-state index contributed by atoms with van der Waals surface area (Å²) in [6.45, 7) is 4.97. The van der Waals surface area contributed by atoms with Crippen molar-refractivity contribution in [3.8, 4) is 0 Å². The highest BCUT2D eigenvalue weighted by atomic mass is 16.7. The average Bonchev–Trinajstić information content (AvgIpc) is 2.21. The third kappa shape index (κ3) is 2.45. The molecule has 0 aromatic carbocycles. The van der Waals surface area contributed by atoms with Crippen molar-refractivity contribution in [3.63, 3.8) is 0 Å². The van der Waals surface area contributed by atoms with Gasteiger partial charge in [0.25, 0.3) is 0 Å². The molecule has 2 saturated heterocycles. The Morgan fingerprint density at radius 2 is 1.71 bits per heavy atom. The monoisotopic (exact) mass is 200 g/mol. The van der Waals surface area contributed by atoms with Gasteiger partial charge in [0.1, 0.15) is 0 Å². The van der Waals surface area contributed by atoms with Crippen molar-refractivity contribution >= 4 is 0 Å². The maximum Gasteiger partial charge on any atom is 0.160 e. The number of hydrogen-bond acceptors (Lipinski definition) is 4. The van der Waals surface area contributed by atoms with Crippen LogP contribution in [0.4, 0.5) is 0 Å². The van der Waals surface area contributed by atoms with Crippen LogP contribution in [0.2, 0.25) is 0 Å². The zero-order valence-corrected chi connectivity index (χ0v) is 8.65. The fraction of sp³-hybridized carbons (Fsp3) is 1.00. The summed E-state index contributed by atoms with van der Waals surface area (Å²) in [5.41, 5.74) is 0. The maximum absolute atomic E-state index is 11.0. The summed E-state index contributed by atoms with van der Waals surface area (Å²) < 4.78 is 11.2. The van der Waals surface area contributed by atoms with E-state index in [-0.39, 0.29) is 6.29 Å². The van der Waals surface area contributed by atoms with Crippen LogP contribution in [0, 0.1) is 17.0 Å². The van der Waals surface area contributed by atoms with Gasteiger partial charge >= 0.3 is 0 Å². The number of hydroxylamine groups is 2. The van der Waals surface area contributed by atoms with Gasteiger partial charge in [-0.25, -0.2) is 0 Å². The van der Waals surface area contributed by atoms with Gasteiger partial charge in [-0.1, -0.05) is 6.92 Å². The molecule has 2 aliphatic rings. The van der Waals surface area contributed by atoms with Gasteiger partial charge in [0, 0.05) is 11.8 Å². The van der Waals surface area contributed by atoms with E-state index in [1.165, 1.54) is 0 Å². The predicted molar refractivity (Wildman–Crippen MR) is 52.5 cm³/mol. The molecule has 0 aromatic heterocycles. The molecule has 0 aromatic rings. The van der Waals surface area contributed by atoms with Gasteiger partial charge < -0.3 is 19.7 Å². The summed E-state index contributed by atoms with van der Waals surface area (Å²) in [4.78, 5) is 0. The van der Waals surface area contributed by atoms with Crippen molar-refractivity contribution < 1.29 is 9.47 Å². The summed E-state index contributed by atoms with van der Waals surface area (Å²) in [6.07, 6.45) is 1.75. The molecular weight excluding hydrogens is 182 g/mol. The molecule has 0 saturated carbocycles. The summed E-state index contributed by atoms with van der Waals surface area (Å²) in [5, 5.41) is 12.1. The van der Waals surface area contributed by atoms with E-state index in [0.717, 1.165) is 31.1 Å². The molecule has 0 aliphatic carbocycles. The quantitative estimate of drug-likeness (QED) is 0.638. The number of piperidine rings is 1. The minimum Gasteiger partial charge on any atom is -0.785 e. The molecule has 0 bridgehead atoms. The molecule has 0 spiro atoms. The first-order valence-electron chi connectivity index (χ1n) is 5.41. The van der Waals surface area contributed by atoms with E-state index in [1.807, 2.05) is 0 Å². The normalized spacial score (nSPS) is 37.3. The van der Waals surface area contributed by atoms with Crippen LogP contribution >= 0.6 is 0 Å². The number of nitrogens with zero attached hydrogens (tertiary/aromatic N) is 1. The lowest BCUT2D eigenvalue weighted by molar-refractivity contribution is -0.226. The Morgan fingerprint density at radius 3 is 2.29 bits per heavy atom. The number of hydrogen-bond donors (Lipinski definition) is 0. The molecular formula is C10H18NO3-. The van der Waals surface area contributed by atoms with Crippen LogP contribution in [0.25, 0.3) is 0 Å². The molecule has 4 nitrogen and oxygen atoms in total. The molecule has 0 N–H and O–H groups in total. The van der Waals surface area contributed by atoms with Crippen molar-refractivity contribution in [2.24, 2.45) is 11.8 Å². The minimum absolute atomic E-state index is 0.0556. The van der Waals surface area contributed by atoms with Crippen LogP contribution in [-0.4, -0.2) is 37.7 Å². The Kier molecular flexibility index (Phi) is 3.38. The van der Waals surface area contributed by atoms with Gasteiger partial charge in [0.2, 0.25) is 0 Å². The zero-order valence-electron chi connectivity index (χ0n) is 8.65. The molecule has 82 valence electrons. The molecule has 2 rings (SSSR count). The van der Waals surface area contributed by atoms with E-state index in [4.69, 9.17) is 9.47 Å². The minimum atomic E-state index is -0.0556. The van der Waals surface area contributed by atoms with Gasteiger partial charge in [0.15, 0.2) is 6.29 Å². The summed E-state index contributed by atoms with van der Waals surface area (Å²) >= 11 is 0. The lowest BCUT2D eigenvalue weighted by Crippen LogP contribution is -2.41. The fourth-order valence-corrected chi connectivity index (χ4v) is 2.03. The molecule has 0 radical (unpaired) electrons. The first kappa shape index (κ1) is 10.4. The number of ether oxygens (including phenoxy) is 2. The van der Waals surface area contributed by atoms with E-state index in [9.17, 15) is 5.21 Å². The van der Waals surface area contributed by atoms with Gasteiger partial charge in [-0.3, -0.25) is 0 Å². The van der Waals surface area contributed by atoms with Crippen LogP contribution < -0.4 is 0 Å². The van der Waals surface area contributed by atoms with E-state index in [2.05, 4.69) is 6.92 Å². The Bertz CT molecular complexity index is 152. The van der Waals surface area contributed by atoms with Crippen LogP contribution in [0.3, 0.4) is 0 Å². The lowest BCUT2D eigenvalue weighted by atomic mass is 9.96. The standard InChI is InChI=1S/C10H18NO3/c1-8-6-13-10(14-7-8)9-2-4-11(12)5-3-9/h8-10H,2-7H2,1H3/q-1. The van der Waals surface area contributed by atoms with Crippen LogP contribution in [0.1, 0.15) is 19.8 Å². The van der Waals surface area contributed by atoms with Crippen LogP contribution in [0.5, 0.6) is 0 Å². The van der Waals surface area contributed by atoms with Crippen molar-refractivity contribution in [1.82, 2.24) is 5.06 Å². The molecule has 0 amide bonds. The van der Waals surface area contributed by atoms with Crippen LogP contribution in [0.15, 0.2) is 0 Å². The smallest absolute Gasteiger partial charge is 0.160 e. The van der Waals surface area contributed by atoms with Gasteiger partial charge in [0.05, 0.1) is 13.2 Å². The highest BCUT2D eigenvalue weighted by molar-refractivity contribution is 4.76. The lowest BCUT2D eigenvalue weighted by Gasteiger charge is -2.40. The van der Waals surface area contributed by atoms with E-state index < -0.39 is 0 Å². The average molecular weight is 200 g/mol. The van der Waals surface area contributed by atoms with E-state index in [1.54, 1.807) is 0 Å². The molecule has 2 aliphatic heterocycles. The van der Waals surface area contributed by atoms with E-state index >= 15 is 0 Å². The van der Waals surface area contributed by atoms with Crippen molar-refractivity contribution in [2.45, 2.75) is 26.1 Å². The second-order valence-corrected chi connectivity index (χ2v) is 4.41. The third-order valence-electron chi connectivity index (χ3n) is 2.97. The zero-order chi connectivity index (χ0) is 9.97. The Balaban J connectivity index is 1.78. The topological polar surface area (TPSA) is 44.8 Å². The Hall–Kier alpha value is -0.160. The molecule has 14 heavy (non-hydrogen) atoms. The van der Waals surface area contributed by atoms with Gasteiger partial charge in [-0.2, -0.15) is 0 Å². The van der Waals surface area contributed by atoms with Crippen molar-refractivity contribution in [2.75, 3.05) is 26.3 Å².